The van der Waals surface area contributed by atoms with E-state index in [1.807, 2.05) is 12.1 Å². The first kappa shape index (κ1) is 11.4. The molecule has 0 aromatic heterocycles. The molecule has 88 valence electrons. The van der Waals surface area contributed by atoms with Gasteiger partial charge in [0.05, 0.1) is 4.90 Å². The second kappa shape index (κ2) is 4.07. The van der Waals surface area contributed by atoms with E-state index in [9.17, 15) is 8.42 Å². The maximum Gasteiger partial charge on any atom is 0.242 e. The Morgan fingerprint density at radius 3 is 2.19 bits per heavy atom. The van der Waals surface area contributed by atoms with Gasteiger partial charge < -0.3 is 5.32 Å². The normalized spacial score (nSPS) is 16.4. The molecule has 0 spiro atoms. The summed E-state index contributed by atoms with van der Waals surface area (Å²) in [7, 11) is -0.234. The Morgan fingerprint density at radius 2 is 1.75 bits per heavy atom. The van der Waals surface area contributed by atoms with Gasteiger partial charge in [-0.1, -0.05) is 0 Å². The summed E-state index contributed by atoms with van der Waals surface area (Å²) in [5.41, 5.74) is 0.986. The summed E-state index contributed by atoms with van der Waals surface area (Å²) < 4.78 is 24.8. The first-order valence-corrected chi connectivity index (χ1v) is 6.73. The van der Waals surface area contributed by atoms with Gasteiger partial charge in [-0.25, -0.2) is 12.7 Å². The number of sulfonamides is 1. The van der Waals surface area contributed by atoms with Crippen molar-refractivity contribution >= 4 is 15.7 Å². The van der Waals surface area contributed by atoms with E-state index in [-0.39, 0.29) is 0 Å². The SMILES string of the molecule is CN(C)S(=O)(=O)c1ccc(NC2CC2)cc1. The van der Waals surface area contributed by atoms with Gasteiger partial charge in [0.2, 0.25) is 10.0 Å². The van der Waals surface area contributed by atoms with Gasteiger partial charge in [0.15, 0.2) is 0 Å². The summed E-state index contributed by atoms with van der Waals surface area (Å²) in [6.45, 7) is 0. The predicted molar refractivity (Wildman–Crippen MR) is 64.0 cm³/mol. The minimum atomic E-state index is -3.30. The lowest BCUT2D eigenvalue weighted by molar-refractivity contribution is 0.521. The van der Waals surface area contributed by atoms with Crippen LogP contribution in [0.2, 0.25) is 0 Å². The molecule has 0 heterocycles. The molecule has 0 amide bonds. The van der Waals surface area contributed by atoms with Crippen molar-refractivity contribution in [2.24, 2.45) is 0 Å². The van der Waals surface area contributed by atoms with Crippen LogP contribution in [0.15, 0.2) is 29.2 Å². The molecule has 1 aliphatic rings. The Hall–Kier alpha value is -1.07. The largest absolute Gasteiger partial charge is 0.382 e. The summed E-state index contributed by atoms with van der Waals surface area (Å²) in [6, 6.07) is 7.49. The minimum Gasteiger partial charge on any atom is -0.382 e. The van der Waals surface area contributed by atoms with Crippen molar-refractivity contribution in [2.75, 3.05) is 19.4 Å². The molecule has 0 atom stereocenters. The molecule has 0 bridgehead atoms. The summed E-state index contributed by atoms with van der Waals surface area (Å²) in [5.74, 6) is 0. The lowest BCUT2D eigenvalue weighted by Crippen LogP contribution is -2.22. The molecule has 4 nitrogen and oxygen atoms in total. The van der Waals surface area contributed by atoms with Gasteiger partial charge in [-0.15, -0.1) is 0 Å². The number of hydrogen-bond donors (Lipinski definition) is 1. The van der Waals surface area contributed by atoms with Crippen LogP contribution in [0.3, 0.4) is 0 Å². The third-order valence-electron chi connectivity index (χ3n) is 2.58. The van der Waals surface area contributed by atoms with Crippen LogP contribution < -0.4 is 5.32 Å². The molecule has 1 aromatic carbocycles. The second-order valence-electron chi connectivity index (χ2n) is 4.23. The molecule has 0 saturated heterocycles. The summed E-state index contributed by atoms with van der Waals surface area (Å²) in [4.78, 5) is 0.332. The van der Waals surface area contributed by atoms with E-state index < -0.39 is 10.0 Å². The lowest BCUT2D eigenvalue weighted by Gasteiger charge is -2.12. The van der Waals surface area contributed by atoms with Crippen molar-refractivity contribution in [3.05, 3.63) is 24.3 Å². The van der Waals surface area contributed by atoms with Crippen LogP contribution in [0, 0.1) is 0 Å². The van der Waals surface area contributed by atoms with Gasteiger partial charge >= 0.3 is 0 Å². The predicted octanol–water partition coefficient (Wildman–Crippen LogP) is 1.51. The van der Waals surface area contributed by atoms with E-state index in [1.165, 1.54) is 31.2 Å². The van der Waals surface area contributed by atoms with E-state index in [1.54, 1.807) is 12.1 Å². The van der Waals surface area contributed by atoms with Crippen LogP contribution in [-0.2, 0) is 10.0 Å². The highest BCUT2D eigenvalue weighted by molar-refractivity contribution is 7.89. The Bertz CT molecular complexity index is 461. The lowest BCUT2D eigenvalue weighted by atomic mass is 10.3. The van der Waals surface area contributed by atoms with Crippen LogP contribution in [0.5, 0.6) is 0 Å². The average molecular weight is 240 g/mol. The van der Waals surface area contributed by atoms with E-state index in [0.717, 1.165) is 5.69 Å². The third-order valence-corrected chi connectivity index (χ3v) is 4.41. The molecule has 16 heavy (non-hydrogen) atoms. The molecule has 0 radical (unpaired) electrons. The van der Waals surface area contributed by atoms with Gasteiger partial charge in [0.1, 0.15) is 0 Å². The number of nitrogens with zero attached hydrogens (tertiary/aromatic N) is 1. The number of benzene rings is 1. The quantitative estimate of drug-likeness (QED) is 0.868. The molecule has 0 unspecified atom stereocenters. The average Bonchev–Trinajstić information content (AvgIpc) is 3.02. The minimum absolute atomic E-state index is 0.332. The smallest absolute Gasteiger partial charge is 0.242 e. The van der Waals surface area contributed by atoms with E-state index in [0.29, 0.717) is 10.9 Å². The highest BCUT2D eigenvalue weighted by Crippen LogP contribution is 2.25. The van der Waals surface area contributed by atoms with Gasteiger partial charge in [-0.2, -0.15) is 0 Å². The van der Waals surface area contributed by atoms with Crippen molar-refractivity contribution < 1.29 is 8.42 Å². The Labute approximate surface area is 96.3 Å². The maximum absolute atomic E-state index is 11.8. The fourth-order valence-electron chi connectivity index (χ4n) is 1.40. The fourth-order valence-corrected chi connectivity index (χ4v) is 2.30. The third kappa shape index (κ3) is 2.36. The first-order chi connectivity index (χ1) is 7.50. The molecule has 1 fully saturated rings. The van der Waals surface area contributed by atoms with E-state index >= 15 is 0 Å². The van der Waals surface area contributed by atoms with Crippen LogP contribution in [0.4, 0.5) is 5.69 Å². The van der Waals surface area contributed by atoms with Crippen molar-refractivity contribution in [3.63, 3.8) is 0 Å². The fraction of sp³-hybridized carbons (Fsp3) is 0.455. The maximum atomic E-state index is 11.8. The van der Waals surface area contributed by atoms with Gasteiger partial charge in [0.25, 0.3) is 0 Å². The summed E-state index contributed by atoms with van der Waals surface area (Å²) in [5, 5.41) is 3.32. The molecule has 5 heteroatoms. The van der Waals surface area contributed by atoms with E-state index in [2.05, 4.69) is 5.32 Å². The highest BCUT2D eigenvalue weighted by Gasteiger charge is 2.21. The molecule has 1 saturated carbocycles. The molecular weight excluding hydrogens is 224 g/mol. The number of nitrogens with one attached hydrogen (secondary N) is 1. The molecule has 2 rings (SSSR count). The Kier molecular flexibility index (Phi) is 2.90. The molecule has 1 N–H and O–H groups in total. The van der Waals surface area contributed by atoms with Gasteiger partial charge in [0, 0.05) is 25.8 Å². The molecule has 1 aliphatic carbocycles. The zero-order chi connectivity index (χ0) is 11.8. The Morgan fingerprint density at radius 1 is 1.19 bits per heavy atom. The topological polar surface area (TPSA) is 49.4 Å². The van der Waals surface area contributed by atoms with E-state index in [4.69, 9.17) is 0 Å². The number of hydrogen-bond acceptors (Lipinski definition) is 3. The standard InChI is InChI=1S/C11H16N2O2S/c1-13(2)16(14,15)11-7-5-10(6-8-11)12-9-3-4-9/h5-9,12H,3-4H2,1-2H3. The zero-order valence-electron chi connectivity index (χ0n) is 9.47. The Balaban J connectivity index is 2.18. The van der Waals surface area contributed by atoms with Crippen molar-refractivity contribution in [3.8, 4) is 0 Å². The molecule has 0 aliphatic heterocycles. The molecule has 1 aromatic rings. The van der Waals surface area contributed by atoms with Crippen LogP contribution in [0.25, 0.3) is 0 Å². The van der Waals surface area contributed by atoms with Gasteiger partial charge in [-0.05, 0) is 37.1 Å². The molecular formula is C11H16N2O2S. The van der Waals surface area contributed by atoms with Crippen LogP contribution in [-0.4, -0.2) is 32.9 Å². The zero-order valence-corrected chi connectivity index (χ0v) is 10.3. The highest BCUT2D eigenvalue weighted by atomic mass is 32.2. The van der Waals surface area contributed by atoms with Gasteiger partial charge in [-0.3, -0.25) is 0 Å². The number of rotatable bonds is 4. The first-order valence-electron chi connectivity index (χ1n) is 5.29. The van der Waals surface area contributed by atoms with Crippen molar-refractivity contribution in [1.82, 2.24) is 4.31 Å². The number of anilines is 1. The monoisotopic (exact) mass is 240 g/mol. The van der Waals surface area contributed by atoms with Crippen LogP contribution in [0.1, 0.15) is 12.8 Å². The second-order valence-corrected chi connectivity index (χ2v) is 6.38. The van der Waals surface area contributed by atoms with Crippen molar-refractivity contribution in [1.29, 1.82) is 0 Å². The van der Waals surface area contributed by atoms with Crippen molar-refractivity contribution in [2.45, 2.75) is 23.8 Å². The van der Waals surface area contributed by atoms with Crippen LogP contribution >= 0.6 is 0 Å². The summed E-state index contributed by atoms with van der Waals surface area (Å²) >= 11 is 0. The summed E-state index contributed by atoms with van der Waals surface area (Å²) in [6.07, 6.45) is 2.41.